The van der Waals surface area contributed by atoms with Crippen molar-refractivity contribution in [3.05, 3.63) is 182 Å². The second-order valence-electron chi connectivity index (χ2n) is 13.3. The highest BCUT2D eigenvalue weighted by atomic mass is 32.1. The lowest BCUT2D eigenvalue weighted by atomic mass is 9.99. The molecule has 0 radical (unpaired) electrons. The van der Waals surface area contributed by atoms with Crippen LogP contribution in [0.4, 0.5) is 17.1 Å². The summed E-state index contributed by atoms with van der Waals surface area (Å²) >= 11 is 1.85. The first kappa shape index (κ1) is 29.1. The molecule has 0 unspecified atom stereocenters. The Labute approximate surface area is 303 Å². The third kappa shape index (κ3) is 4.31. The molecular weight excluding hydrogens is 653 g/mol. The van der Waals surface area contributed by atoms with Gasteiger partial charge in [-0.15, -0.1) is 11.3 Å². The van der Waals surface area contributed by atoms with Crippen molar-refractivity contribution in [3.8, 4) is 16.8 Å². The Morgan fingerprint density at radius 1 is 0.462 bits per heavy atom. The van der Waals surface area contributed by atoms with Crippen molar-refractivity contribution in [1.82, 2.24) is 4.57 Å². The van der Waals surface area contributed by atoms with Gasteiger partial charge in [0.15, 0.2) is 0 Å². The lowest BCUT2D eigenvalue weighted by Crippen LogP contribution is -2.11. The van der Waals surface area contributed by atoms with E-state index in [2.05, 4.69) is 191 Å². The van der Waals surface area contributed by atoms with Gasteiger partial charge in [0.2, 0.25) is 0 Å². The lowest BCUT2D eigenvalue weighted by Gasteiger charge is -2.27. The first-order valence-corrected chi connectivity index (χ1v) is 18.4. The molecule has 0 fully saturated rings. The van der Waals surface area contributed by atoms with Crippen molar-refractivity contribution >= 4 is 92.3 Å². The zero-order valence-electron chi connectivity index (χ0n) is 28.0. The van der Waals surface area contributed by atoms with E-state index in [1.54, 1.807) is 0 Å². The molecule has 0 aliphatic rings. The number of hydrogen-bond acceptors (Lipinski definition) is 3. The minimum Gasteiger partial charge on any atom is -0.455 e. The van der Waals surface area contributed by atoms with Gasteiger partial charge in [-0.2, -0.15) is 0 Å². The first-order valence-electron chi connectivity index (χ1n) is 17.6. The molecule has 0 N–H and O–H groups in total. The summed E-state index contributed by atoms with van der Waals surface area (Å²) in [5.74, 6) is 0. The number of anilines is 3. The third-order valence-electron chi connectivity index (χ3n) is 10.4. The lowest BCUT2D eigenvalue weighted by molar-refractivity contribution is 0.670. The molecule has 11 aromatic rings. The monoisotopic (exact) mass is 682 g/mol. The molecule has 0 atom stereocenters. The Hall–Kier alpha value is -6.62. The average Bonchev–Trinajstić information content (AvgIpc) is 3.89. The second-order valence-corrected chi connectivity index (χ2v) is 14.3. The van der Waals surface area contributed by atoms with Crippen LogP contribution in [0.1, 0.15) is 0 Å². The quantitative estimate of drug-likeness (QED) is 0.180. The molecule has 8 aromatic carbocycles. The zero-order chi connectivity index (χ0) is 34.2. The SMILES string of the molecule is c1ccc(-c2ccc(N(c3ccc(-n4c5ccccc5c5ccccc54)cc3)c3cccc4c3sc3ccccc34)c3c2oc2ccccc23)cc1. The highest BCUT2D eigenvalue weighted by Crippen LogP contribution is 2.49. The van der Waals surface area contributed by atoms with Gasteiger partial charge >= 0.3 is 0 Å². The molecule has 0 amide bonds. The first-order chi connectivity index (χ1) is 25.8. The molecule has 3 heterocycles. The molecule has 0 spiro atoms. The minimum atomic E-state index is 0.879. The van der Waals surface area contributed by atoms with Crippen LogP contribution in [0.15, 0.2) is 186 Å². The highest BCUT2D eigenvalue weighted by molar-refractivity contribution is 7.26. The van der Waals surface area contributed by atoms with E-state index in [0.717, 1.165) is 55.8 Å². The summed E-state index contributed by atoms with van der Waals surface area (Å²) in [5.41, 5.74) is 10.8. The maximum Gasteiger partial charge on any atom is 0.145 e. The molecule has 52 heavy (non-hydrogen) atoms. The third-order valence-corrected chi connectivity index (χ3v) is 11.6. The topological polar surface area (TPSA) is 21.3 Å². The van der Waals surface area contributed by atoms with E-state index in [4.69, 9.17) is 4.42 Å². The number of aromatic nitrogens is 1. The zero-order valence-corrected chi connectivity index (χ0v) is 28.8. The normalized spacial score (nSPS) is 11.8. The predicted molar refractivity (Wildman–Crippen MR) is 221 cm³/mol. The van der Waals surface area contributed by atoms with Crippen molar-refractivity contribution in [2.75, 3.05) is 4.90 Å². The molecule has 244 valence electrons. The van der Waals surface area contributed by atoms with Crippen LogP contribution in [-0.4, -0.2) is 4.57 Å². The van der Waals surface area contributed by atoms with Crippen molar-refractivity contribution < 1.29 is 4.42 Å². The van der Waals surface area contributed by atoms with Crippen LogP contribution < -0.4 is 4.90 Å². The standard InChI is InChI=1S/C48H30N2OS/c1-2-13-31(14-3-1)34-29-30-42(46-39-18-6-10-23-44(39)51-47(34)46)50(43-22-12-19-38-37-17-7-11-24-45(37)52-48(38)43)33-27-25-32(26-28-33)49-40-20-8-4-15-35(40)36-16-5-9-21-41(36)49/h1-30H. The maximum atomic E-state index is 6.76. The Balaban J connectivity index is 1.19. The summed E-state index contributed by atoms with van der Waals surface area (Å²) in [6, 6.07) is 65.3. The van der Waals surface area contributed by atoms with E-state index in [9.17, 15) is 0 Å². The number of para-hydroxylation sites is 3. The number of fused-ring (bicyclic) bond motifs is 9. The summed E-state index contributed by atoms with van der Waals surface area (Å²) in [7, 11) is 0. The van der Waals surface area contributed by atoms with Gasteiger partial charge in [0.1, 0.15) is 11.2 Å². The molecule has 3 aromatic heterocycles. The molecule has 11 rings (SSSR count). The Bertz CT molecular complexity index is 3080. The number of hydrogen-bond donors (Lipinski definition) is 0. The molecule has 4 heteroatoms. The van der Waals surface area contributed by atoms with Gasteiger partial charge in [-0.25, -0.2) is 0 Å². The van der Waals surface area contributed by atoms with Gasteiger partial charge in [0.25, 0.3) is 0 Å². The van der Waals surface area contributed by atoms with Gasteiger partial charge < -0.3 is 13.9 Å². The summed E-state index contributed by atoms with van der Waals surface area (Å²) < 4.78 is 11.7. The highest BCUT2D eigenvalue weighted by Gasteiger charge is 2.24. The number of thiophene rings is 1. The van der Waals surface area contributed by atoms with Crippen molar-refractivity contribution in [1.29, 1.82) is 0 Å². The average molecular weight is 683 g/mol. The van der Waals surface area contributed by atoms with Gasteiger partial charge in [-0.05, 0) is 72.3 Å². The van der Waals surface area contributed by atoms with Crippen LogP contribution >= 0.6 is 11.3 Å². The summed E-state index contributed by atoms with van der Waals surface area (Å²) in [6.07, 6.45) is 0. The maximum absolute atomic E-state index is 6.76. The summed E-state index contributed by atoms with van der Waals surface area (Å²) in [4.78, 5) is 2.44. The van der Waals surface area contributed by atoms with Crippen LogP contribution in [0, 0.1) is 0 Å². The van der Waals surface area contributed by atoms with E-state index in [0.29, 0.717) is 0 Å². The molecule has 0 bridgehead atoms. The fourth-order valence-corrected chi connectivity index (χ4v) is 9.32. The van der Waals surface area contributed by atoms with Crippen molar-refractivity contribution in [3.63, 3.8) is 0 Å². The Kier molecular flexibility index (Phi) is 6.42. The summed E-state index contributed by atoms with van der Waals surface area (Å²) in [5, 5.41) is 7.26. The van der Waals surface area contributed by atoms with Crippen LogP contribution in [-0.2, 0) is 0 Å². The van der Waals surface area contributed by atoms with E-state index in [-0.39, 0.29) is 0 Å². The van der Waals surface area contributed by atoms with Gasteiger partial charge in [-0.1, -0.05) is 115 Å². The van der Waals surface area contributed by atoms with Crippen molar-refractivity contribution in [2.45, 2.75) is 0 Å². The molecule has 0 aliphatic carbocycles. The molecular formula is C48H30N2OS. The number of benzene rings is 8. The Morgan fingerprint density at radius 2 is 1.10 bits per heavy atom. The molecule has 3 nitrogen and oxygen atoms in total. The van der Waals surface area contributed by atoms with Crippen LogP contribution in [0.25, 0.3) is 80.7 Å². The predicted octanol–water partition coefficient (Wildman–Crippen LogP) is 14.2. The fraction of sp³-hybridized carbons (Fsp3) is 0. The molecule has 0 saturated carbocycles. The molecule has 0 saturated heterocycles. The Morgan fingerprint density at radius 3 is 1.87 bits per heavy atom. The molecule has 0 aliphatic heterocycles. The van der Waals surface area contributed by atoms with E-state index in [1.165, 1.54) is 42.0 Å². The minimum absolute atomic E-state index is 0.879. The van der Waals surface area contributed by atoms with Gasteiger partial charge in [-0.3, -0.25) is 0 Å². The largest absolute Gasteiger partial charge is 0.455 e. The van der Waals surface area contributed by atoms with Gasteiger partial charge in [0, 0.05) is 48.6 Å². The second kappa shape index (κ2) is 11.5. The van der Waals surface area contributed by atoms with Gasteiger partial charge in [0.05, 0.1) is 32.5 Å². The summed E-state index contributed by atoms with van der Waals surface area (Å²) in [6.45, 7) is 0. The van der Waals surface area contributed by atoms with Crippen LogP contribution in [0.3, 0.4) is 0 Å². The van der Waals surface area contributed by atoms with E-state index in [1.807, 2.05) is 11.3 Å². The van der Waals surface area contributed by atoms with Crippen molar-refractivity contribution in [2.24, 2.45) is 0 Å². The van der Waals surface area contributed by atoms with E-state index >= 15 is 0 Å². The fourth-order valence-electron chi connectivity index (χ4n) is 8.11. The number of furan rings is 1. The number of rotatable bonds is 5. The smallest absolute Gasteiger partial charge is 0.145 e. The van der Waals surface area contributed by atoms with Crippen LogP contribution in [0.5, 0.6) is 0 Å². The number of nitrogens with zero attached hydrogens (tertiary/aromatic N) is 2. The van der Waals surface area contributed by atoms with E-state index < -0.39 is 0 Å². The van der Waals surface area contributed by atoms with Crippen LogP contribution in [0.2, 0.25) is 0 Å².